The first kappa shape index (κ1) is 18.2. The van der Waals surface area contributed by atoms with Crippen LogP contribution in [-0.4, -0.2) is 15.9 Å². The zero-order chi connectivity index (χ0) is 16.9. The molecule has 0 saturated heterocycles. The van der Waals surface area contributed by atoms with Crippen LogP contribution in [0.1, 0.15) is 5.56 Å². The number of rotatable bonds is 5. The number of amides is 1. The van der Waals surface area contributed by atoms with E-state index in [1.807, 2.05) is 30.3 Å². The molecule has 0 aromatic heterocycles. The minimum atomic E-state index is -1.72. The molecule has 122 valence electrons. The van der Waals surface area contributed by atoms with Gasteiger partial charge in [-0.25, -0.2) is 0 Å². The summed E-state index contributed by atoms with van der Waals surface area (Å²) in [5.74, 6) is -0.256. The Labute approximate surface area is 154 Å². The number of halogens is 4. The number of carbonyl (C=O) groups is 1. The largest absolute Gasteiger partial charge is 0.362 e. The van der Waals surface area contributed by atoms with Crippen LogP contribution in [0.4, 0.5) is 5.69 Å². The summed E-state index contributed by atoms with van der Waals surface area (Å²) in [6.07, 6.45) is -0.690. The van der Waals surface area contributed by atoms with Crippen molar-refractivity contribution in [2.45, 2.75) is 16.4 Å². The van der Waals surface area contributed by atoms with E-state index < -0.39 is 9.96 Å². The van der Waals surface area contributed by atoms with Crippen molar-refractivity contribution >= 4 is 58.0 Å². The molecule has 23 heavy (non-hydrogen) atoms. The fourth-order valence-electron chi connectivity index (χ4n) is 1.91. The van der Waals surface area contributed by atoms with Crippen molar-refractivity contribution in [3.8, 4) is 0 Å². The third-order valence-electron chi connectivity index (χ3n) is 3.00. The molecular weight excluding hydrogens is 378 g/mol. The second-order valence-electron chi connectivity index (χ2n) is 4.86. The van der Waals surface area contributed by atoms with Crippen LogP contribution < -0.4 is 10.6 Å². The first-order valence-corrected chi connectivity index (χ1v) is 8.28. The Morgan fingerprint density at radius 3 is 2.17 bits per heavy atom. The zero-order valence-electron chi connectivity index (χ0n) is 11.9. The monoisotopic (exact) mass is 390 g/mol. The minimum Gasteiger partial charge on any atom is -0.362 e. The highest BCUT2D eigenvalue weighted by Crippen LogP contribution is 2.31. The van der Waals surface area contributed by atoms with Crippen LogP contribution >= 0.6 is 46.4 Å². The molecular formula is C16H14Cl4N2O. The van der Waals surface area contributed by atoms with Gasteiger partial charge in [-0.05, 0) is 29.8 Å². The van der Waals surface area contributed by atoms with E-state index >= 15 is 0 Å². The maximum absolute atomic E-state index is 12.2. The SMILES string of the molecule is O=C(Cc1ccccc1)N[C@H](Nc1ccc(Cl)cc1)C(Cl)(Cl)Cl. The molecule has 0 aliphatic rings. The van der Waals surface area contributed by atoms with Gasteiger partial charge in [-0.2, -0.15) is 0 Å². The lowest BCUT2D eigenvalue weighted by atomic mass is 10.1. The van der Waals surface area contributed by atoms with Crippen LogP contribution in [0.25, 0.3) is 0 Å². The third-order valence-corrected chi connectivity index (χ3v) is 3.90. The average Bonchev–Trinajstić information content (AvgIpc) is 2.49. The van der Waals surface area contributed by atoms with E-state index in [0.717, 1.165) is 5.56 Å². The smallest absolute Gasteiger partial charge is 0.228 e. The summed E-state index contributed by atoms with van der Waals surface area (Å²) >= 11 is 23.7. The van der Waals surface area contributed by atoms with Gasteiger partial charge in [0.1, 0.15) is 6.17 Å². The number of hydrogen-bond acceptors (Lipinski definition) is 2. The predicted molar refractivity (Wildman–Crippen MR) is 97.4 cm³/mol. The Morgan fingerprint density at radius 1 is 1.00 bits per heavy atom. The van der Waals surface area contributed by atoms with Gasteiger partial charge in [0.15, 0.2) is 0 Å². The van der Waals surface area contributed by atoms with Gasteiger partial charge in [-0.15, -0.1) is 0 Å². The molecule has 7 heteroatoms. The van der Waals surface area contributed by atoms with Crippen molar-refractivity contribution < 1.29 is 4.79 Å². The second-order valence-corrected chi connectivity index (χ2v) is 7.66. The number of hydrogen-bond donors (Lipinski definition) is 2. The Bertz CT molecular complexity index is 641. The Balaban J connectivity index is 2.04. The molecule has 0 fully saturated rings. The van der Waals surface area contributed by atoms with E-state index in [9.17, 15) is 4.79 Å². The van der Waals surface area contributed by atoms with Gasteiger partial charge in [0, 0.05) is 10.7 Å². The van der Waals surface area contributed by atoms with Crippen LogP contribution in [0.5, 0.6) is 0 Å². The summed E-state index contributed by atoms with van der Waals surface area (Å²) in [4.78, 5) is 12.2. The Kier molecular flexibility index (Phi) is 6.42. The summed E-state index contributed by atoms with van der Waals surface area (Å²) < 4.78 is -1.72. The summed E-state index contributed by atoms with van der Waals surface area (Å²) in [6.45, 7) is 0. The molecule has 0 saturated carbocycles. The first-order valence-electron chi connectivity index (χ1n) is 6.77. The minimum absolute atomic E-state index is 0.195. The van der Waals surface area contributed by atoms with Crippen LogP contribution in [0, 0.1) is 0 Å². The van der Waals surface area contributed by atoms with Gasteiger partial charge < -0.3 is 10.6 Å². The molecule has 2 rings (SSSR count). The van der Waals surface area contributed by atoms with E-state index in [1.54, 1.807) is 24.3 Å². The molecule has 0 aliphatic heterocycles. The molecule has 2 aromatic rings. The number of alkyl halides is 3. The highest BCUT2D eigenvalue weighted by atomic mass is 35.6. The number of benzene rings is 2. The molecule has 2 N–H and O–H groups in total. The highest BCUT2D eigenvalue weighted by molar-refractivity contribution is 6.68. The first-order chi connectivity index (χ1) is 10.8. The standard InChI is InChI=1S/C16H14Cl4N2O/c17-12-6-8-13(9-7-12)21-15(16(18,19)20)22-14(23)10-11-4-2-1-3-5-11/h1-9,15,21H,10H2,(H,22,23)/t15-/m0/s1. The fourth-order valence-corrected chi connectivity index (χ4v) is 2.36. The van der Waals surface area contributed by atoms with Crippen molar-refractivity contribution in [3.05, 3.63) is 65.2 Å². The van der Waals surface area contributed by atoms with Gasteiger partial charge in [0.25, 0.3) is 0 Å². The average molecular weight is 392 g/mol. The zero-order valence-corrected chi connectivity index (χ0v) is 14.9. The molecule has 0 spiro atoms. The van der Waals surface area contributed by atoms with Crippen LogP contribution in [0.15, 0.2) is 54.6 Å². The second kappa shape index (κ2) is 8.11. The molecule has 0 radical (unpaired) electrons. The maximum atomic E-state index is 12.2. The summed E-state index contributed by atoms with van der Waals surface area (Å²) in [7, 11) is 0. The third kappa shape index (κ3) is 6.11. The van der Waals surface area contributed by atoms with E-state index in [0.29, 0.717) is 10.7 Å². The molecule has 2 aromatic carbocycles. The molecule has 0 unspecified atom stereocenters. The van der Waals surface area contributed by atoms with E-state index in [2.05, 4.69) is 10.6 Å². The summed E-state index contributed by atoms with van der Waals surface area (Å²) in [5.41, 5.74) is 1.55. The lowest BCUT2D eigenvalue weighted by Gasteiger charge is -2.27. The van der Waals surface area contributed by atoms with E-state index in [-0.39, 0.29) is 12.3 Å². The molecule has 1 amide bonds. The Hall–Kier alpha value is -1.13. The van der Waals surface area contributed by atoms with Crippen LogP contribution in [0.2, 0.25) is 5.02 Å². The fraction of sp³-hybridized carbons (Fsp3) is 0.188. The number of nitrogens with one attached hydrogen (secondary N) is 2. The van der Waals surface area contributed by atoms with Crippen LogP contribution in [0.3, 0.4) is 0 Å². The molecule has 0 bridgehead atoms. The van der Waals surface area contributed by atoms with Gasteiger partial charge in [0.05, 0.1) is 6.42 Å². The van der Waals surface area contributed by atoms with E-state index in [1.165, 1.54) is 0 Å². The quantitative estimate of drug-likeness (QED) is 0.567. The molecule has 1 atom stereocenters. The van der Waals surface area contributed by atoms with Crippen molar-refractivity contribution in [1.29, 1.82) is 0 Å². The Morgan fingerprint density at radius 2 is 1.61 bits per heavy atom. The van der Waals surface area contributed by atoms with Gasteiger partial charge >= 0.3 is 0 Å². The maximum Gasteiger partial charge on any atom is 0.228 e. The van der Waals surface area contributed by atoms with Crippen LogP contribution in [-0.2, 0) is 11.2 Å². The predicted octanol–water partition coefficient (Wildman–Crippen LogP) is 4.81. The normalized spacial score (nSPS) is 12.5. The van der Waals surface area contributed by atoms with E-state index in [4.69, 9.17) is 46.4 Å². The number of carbonyl (C=O) groups excluding carboxylic acids is 1. The molecule has 3 nitrogen and oxygen atoms in total. The topological polar surface area (TPSA) is 41.1 Å². The van der Waals surface area contributed by atoms with Crippen molar-refractivity contribution in [3.63, 3.8) is 0 Å². The summed E-state index contributed by atoms with van der Waals surface area (Å²) in [6, 6.07) is 16.2. The van der Waals surface area contributed by atoms with Gasteiger partial charge in [0.2, 0.25) is 9.70 Å². The highest BCUT2D eigenvalue weighted by Gasteiger charge is 2.34. The molecule has 0 heterocycles. The lowest BCUT2D eigenvalue weighted by Crippen LogP contribution is -2.49. The van der Waals surface area contributed by atoms with Crippen molar-refractivity contribution in [2.75, 3.05) is 5.32 Å². The lowest BCUT2D eigenvalue weighted by molar-refractivity contribution is -0.120. The van der Waals surface area contributed by atoms with Gasteiger partial charge in [-0.3, -0.25) is 4.79 Å². The number of anilines is 1. The summed E-state index contributed by atoms with van der Waals surface area (Å²) in [5, 5.41) is 6.26. The van der Waals surface area contributed by atoms with Gasteiger partial charge in [-0.1, -0.05) is 76.7 Å². The van der Waals surface area contributed by atoms with Crippen molar-refractivity contribution in [1.82, 2.24) is 5.32 Å². The molecule has 0 aliphatic carbocycles. The van der Waals surface area contributed by atoms with Crippen molar-refractivity contribution in [2.24, 2.45) is 0 Å².